The third kappa shape index (κ3) is 7.43. The van der Waals surface area contributed by atoms with Gasteiger partial charge in [0.1, 0.15) is 12.4 Å². The molecule has 6 heteroatoms. The maximum Gasteiger partial charge on any atom is 0.304 e. The van der Waals surface area contributed by atoms with Gasteiger partial charge in [-0.25, -0.2) is 0 Å². The Bertz CT molecular complexity index is 783. The Morgan fingerprint density at radius 3 is 2.48 bits per heavy atom. The van der Waals surface area contributed by atoms with Gasteiger partial charge < -0.3 is 19.4 Å². The number of carboxylic acid groups (broad SMARTS) is 1. The van der Waals surface area contributed by atoms with Crippen molar-refractivity contribution in [2.75, 3.05) is 6.61 Å². The maximum absolute atomic E-state index is 11.7. The molecule has 0 aliphatic heterocycles. The molecule has 0 heterocycles. The Labute approximate surface area is 201 Å². The van der Waals surface area contributed by atoms with Crippen LogP contribution in [0.25, 0.3) is 0 Å². The monoisotopic (exact) mass is 476 g/mol. The Balaban J connectivity index is 2.18. The van der Waals surface area contributed by atoms with E-state index >= 15 is 0 Å². The zero-order chi connectivity index (χ0) is 24.7. The van der Waals surface area contributed by atoms with Gasteiger partial charge in [0.2, 0.25) is 0 Å². The minimum Gasteiger partial charge on any atom is -0.491 e. The molecule has 0 radical (unpaired) electrons. The lowest BCUT2D eigenvalue weighted by atomic mass is 9.71. The van der Waals surface area contributed by atoms with Crippen molar-refractivity contribution < 1.29 is 24.2 Å². The fraction of sp³-hybridized carbons (Fsp3) is 0.667. The average Bonchev–Trinajstić information content (AvgIpc) is 3.03. The quantitative estimate of drug-likeness (QED) is 0.248. The predicted molar refractivity (Wildman–Crippen MR) is 136 cm³/mol. The summed E-state index contributed by atoms with van der Waals surface area (Å²) in [5, 5.41) is 20.5. The molecule has 1 unspecified atom stereocenters. The molecule has 5 nitrogen and oxygen atoms in total. The molecule has 1 aromatic carbocycles. The zero-order valence-electron chi connectivity index (χ0n) is 21.4. The highest BCUT2D eigenvalue weighted by molar-refractivity contribution is 6.74. The number of ether oxygens (including phenoxy) is 1. The van der Waals surface area contributed by atoms with E-state index in [9.17, 15) is 15.0 Å². The molecule has 33 heavy (non-hydrogen) atoms. The van der Waals surface area contributed by atoms with E-state index in [0.29, 0.717) is 25.9 Å². The standard InChI is InChI=1S/C27H44O5Si/c1-7-8-18-27(19-25(29)30)21(15-17-24(27)28)14-16-23(32-33(5,6)26(2,3)4)20-31-22-12-10-9-11-13-22/h9-13,15,23-24,28H,7-8,14,16-20H2,1-6H3,(H,29,30)/t23?,24-,27+/m0/s1. The van der Waals surface area contributed by atoms with Crippen LogP contribution in [0, 0.1) is 5.41 Å². The van der Waals surface area contributed by atoms with E-state index in [1.54, 1.807) is 0 Å². The summed E-state index contributed by atoms with van der Waals surface area (Å²) in [6.07, 6.45) is 5.90. The number of aliphatic hydroxyl groups excluding tert-OH is 1. The van der Waals surface area contributed by atoms with Crippen molar-refractivity contribution in [1.82, 2.24) is 0 Å². The highest BCUT2D eigenvalue weighted by Crippen LogP contribution is 2.48. The molecule has 3 atom stereocenters. The molecule has 186 valence electrons. The van der Waals surface area contributed by atoms with Crippen molar-refractivity contribution in [2.24, 2.45) is 5.41 Å². The van der Waals surface area contributed by atoms with Gasteiger partial charge in [0.05, 0.1) is 18.6 Å². The van der Waals surface area contributed by atoms with E-state index in [0.717, 1.165) is 30.6 Å². The molecule has 2 rings (SSSR count). The molecule has 2 N–H and O–H groups in total. The zero-order valence-corrected chi connectivity index (χ0v) is 22.4. The highest BCUT2D eigenvalue weighted by Gasteiger charge is 2.46. The van der Waals surface area contributed by atoms with Gasteiger partial charge in [-0.2, -0.15) is 0 Å². The molecule has 0 fully saturated rings. The van der Waals surface area contributed by atoms with Crippen LogP contribution in [-0.2, 0) is 9.22 Å². The van der Waals surface area contributed by atoms with E-state index in [4.69, 9.17) is 9.16 Å². The second-order valence-electron chi connectivity index (χ2n) is 11.0. The van der Waals surface area contributed by atoms with Crippen molar-refractivity contribution in [3.05, 3.63) is 42.0 Å². The lowest BCUT2D eigenvalue weighted by Crippen LogP contribution is -2.45. The molecular weight excluding hydrogens is 432 g/mol. The molecule has 0 saturated heterocycles. The number of benzene rings is 1. The summed E-state index contributed by atoms with van der Waals surface area (Å²) in [4.78, 5) is 11.7. The van der Waals surface area contributed by atoms with Gasteiger partial charge >= 0.3 is 5.97 Å². The second-order valence-corrected chi connectivity index (χ2v) is 15.7. The van der Waals surface area contributed by atoms with Crippen molar-refractivity contribution in [1.29, 1.82) is 0 Å². The Hall–Kier alpha value is -1.63. The van der Waals surface area contributed by atoms with Crippen molar-refractivity contribution in [2.45, 2.75) is 103 Å². The number of hydrogen-bond acceptors (Lipinski definition) is 4. The van der Waals surface area contributed by atoms with E-state index < -0.39 is 25.8 Å². The summed E-state index contributed by atoms with van der Waals surface area (Å²) in [6.45, 7) is 13.7. The van der Waals surface area contributed by atoms with Gasteiger partial charge in [0.15, 0.2) is 8.32 Å². The summed E-state index contributed by atoms with van der Waals surface area (Å²) in [5.41, 5.74) is 0.415. The van der Waals surface area contributed by atoms with E-state index in [1.165, 1.54) is 0 Å². The van der Waals surface area contributed by atoms with Crippen LogP contribution in [0.15, 0.2) is 42.0 Å². The first kappa shape index (κ1) is 27.6. The molecule has 0 bridgehead atoms. The fourth-order valence-corrected chi connectivity index (χ4v) is 5.82. The highest BCUT2D eigenvalue weighted by atomic mass is 28.4. The minimum atomic E-state index is -2.02. The van der Waals surface area contributed by atoms with Crippen LogP contribution in [0.1, 0.15) is 72.6 Å². The van der Waals surface area contributed by atoms with Gasteiger partial charge in [0, 0.05) is 5.41 Å². The molecule has 0 saturated carbocycles. The van der Waals surface area contributed by atoms with Gasteiger partial charge in [-0.05, 0) is 55.9 Å². The number of carboxylic acids is 1. The number of para-hydroxylation sites is 1. The van der Waals surface area contributed by atoms with Crippen LogP contribution in [-0.4, -0.2) is 43.3 Å². The number of rotatable bonds is 13. The van der Waals surface area contributed by atoms with Gasteiger partial charge in [-0.3, -0.25) is 4.79 Å². The first-order valence-electron chi connectivity index (χ1n) is 12.4. The summed E-state index contributed by atoms with van der Waals surface area (Å²) in [7, 11) is -2.02. The van der Waals surface area contributed by atoms with Crippen LogP contribution in [0.5, 0.6) is 5.75 Å². The first-order chi connectivity index (χ1) is 15.4. The first-order valence-corrected chi connectivity index (χ1v) is 15.3. The van der Waals surface area contributed by atoms with E-state index in [1.807, 2.05) is 30.3 Å². The minimum absolute atomic E-state index is 0.0196. The molecular formula is C27H44O5Si. The lowest BCUT2D eigenvalue weighted by Gasteiger charge is -2.40. The van der Waals surface area contributed by atoms with Crippen LogP contribution >= 0.6 is 0 Å². The second kappa shape index (κ2) is 11.7. The number of carbonyl (C=O) groups is 1. The topological polar surface area (TPSA) is 76.0 Å². The Morgan fingerprint density at radius 1 is 1.24 bits per heavy atom. The predicted octanol–water partition coefficient (Wildman–Crippen LogP) is 6.58. The van der Waals surface area contributed by atoms with Gasteiger partial charge in [0.25, 0.3) is 0 Å². The smallest absolute Gasteiger partial charge is 0.304 e. The third-order valence-corrected chi connectivity index (χ3v) is 12.0. The van der Waals surface area contributed by atoms with Crippen molar-refractivity contribution in [3.63, 3.8) is 0 Å². The van der Waals surface area contributed by atoms with Crippen molar-refractivity contribution in [3.8, 4) is 5.75 Å². The Kier molecular flexibility index (Phi) is 9.77. The van der Waals surface area contributed by atoms with Crippen LogP contribution in [0.2, 0.25) is 18.1 Å². The SMILES string of the molecule is CCCC[C@@]1(CC(=O)O)C(CCC(COc2ccccc2)O[Si](C)(C)C(C)(C)C)=CC[C@@H]1O. The largest absolute Gasteiger partial charge is 0.491 e. The van der Waals surface area contributed by atoms with Crippen LogP contribution in [0.3, 0.4) is 0 Å². The molecule has 0 amide bonds. The summed E-state index contributed by atoms with van der Waals surface area (Å²) in [6, 6.07) is 9.77. The molecule has 0 spiro atoms. The summed E-state index contributed by atoms with van der Waals surface area (Å²) in [5.74, 6) is -0.0283. The van der Waals surface area contributed by atoms with Gasteiger partial charge in [-0.1, -0.05) is 70.4 Å². The molecule has 1 aliphatic rings. The number of hydrogen-bond donors (Lipinski definition) is 2. The molecule has 1 aliphatic carbocycles. The van der Waals surface area contributed by atoms with Crippen LogP contribution in [0.4, 0.5) is 0 Å². The molecule has 0 aromatic heterocycles. The number of aliphatic carboxylic acids is 1. The third-order valence-electron chi connectivity index (χ3n) is 7.49. The summed E-state index contributed by atoms with van der Waals surface area (Å²) < 4.78 is 12.8. The Morgan fingerprint density at radius 2 is 1.91 bits per heavy atom. The number of aliphatic hydroxyl groups is 1. The average molecular weight is 477 g/mol. The van der Waals surface area contributed by atoms with E-state index in [2.05, 4.69) is 46.9 Å². The lowest BCUT2D eigenvalue weighted by molar-refractivity contribution is -0.141. The maximum atomic E-state index is 11.7. The van der Waals surface area contributed by atoms with E-state index in [-0.39, 0.29) is 17.6 Å². The summed E-state index contributed by atoms with van der Waals surface area (Å²) >= 11 is 0. The van der Waals surface area contributed by atoms with Gasteiger partial charge in [-0.15, -0.1) is 0 Å². The molecule has 1 aromatic rings. The fourth-order valence-electron chi connectivity index (χ4n) is 4.45. The normalized spacial score (nSPS) is 22.2. The number of unbranched alkanes of at least 4 members (excludes halogenated alkanes) is 1. The van der Waals surface area contributed by atoms with Crippen molar-refractivity contribution >= 4 is 14.3 Å². The van der Waals surface area contributed by atoms with Crippen LogP contribution < -0.4 is 4.74 Å².